The summed E-state index contributed by atoms with van der Waals surface area (Å²) >= 11 is 0. The van der Waals surface area contributed by atoms with E-state index < -0.39 is 6.04 Å². The summed E-state index contributed by atoms with van der Waals surface area (Å²) in [7, 11) is 0. The number of aryl methyl sites for hydroxylation is 2. The SMILES string of the molecule is Cc1cc(C)cc(NC(=O)[C@@H](NC(=O)Cc2cccc3ccccc23)C(C)C)c1. The number of hydrogen-bond donors (Lipinski definition) is 2. The van der Waals surface area contributed by atoms with Crippen molar-refractivity contribution in [2.75, 3.05) is 5.32 Å². The minimum atomic E-state index is -0.599. The lowest BCUT2D eigenvalue weighted by atomic mass is 10.00. The smallest absolute Gasteiger partial charge is 0.247 e. The molecule has 0 unspecified atom stereocenters. The lowest BCUT2D eigenvalue weighted by molar-refractivity contribution is -0.127. The number of hydrogen-bond acceptors (Lipinski definition) is 2. The first-order valence-electron chi connectivity index (χ1n) is 9.98. The molecule has 0 saturated heterocycles. The third-order valence-electron chi connectivity index (χ3n) is 4.99. The minimum Gasteiger partial charge on any atom is -0.344 e. The predicted octanol–water partition coefficient (Wildman–Crippen LogP) is 4.78. The largest absolute Gasteiger partial charge is 0.344 e. The number of fused-ring (bicyclic) bond motifs is 1. The molecule has 0 aromatic heterocycles. The van der Waals surface area contributed by atoms with Crippen molar-refractivity contribution in [1.82, 2.24) is 5.32 Å². The van der Waals surface area contributed by atoms with Crippen molar-refractivity contribution < 1.29 is 9.59 Å². The van der Waals surface area contributed by atoms with Gasteiger partial charge in [-0.3, -0.25) is 9.59 Å². The molecule has 0 radical (unpaired) electrons. The lowest BCUT2D eigenvalue weighted by Crippen LogP contribution is -2.47. The molecule has 0 spiro atoms. The molecule has 2 amide bonds. The van der Waals surface area contributed by atoms with Gasteiger partial charge >= 0.3 is 0 Å². The standard InChI is InChI=1S/C25H28N2O2/c1-16(2)24(25(29)26-21-13-17(3)12-18(4)14-21)27-23(28)15-20-10-7-9-19-8-5-6-11-22(19)20/h5-14,16,24H,15H2,1-4H3,(H,26,29)(H,27,28)/t24-/m0/s1. The minimum absolute atomic E-state index is 0.0302. The molecule has 150 valence electrons. The van der Waals surface area contributed by atoms with Crippen LogP contribution in [0.5, 0.6) is 0 Å². The Balaban J connectivity index is 1.72. The molecule has 0 saturated carbocycles. The van der Waals surface area contributed by atoms with Crippen molar-refractivity contribution in [3.8, 4) is 0 Å². The molecule has 29 heavy (non-hydrogen) atoms. The van der Waals surface area contributed by atoms with E-state index in [4.69, 9.17) is 0 Å². The van der Waals surface area contributed by atoms with Crippen LogP contribution in [0.2, 0.25) is 0 Å². The van der Waals surface area contributed by atoms with E-state index in [1.54, 1.807) is 0 Å². The van der Waals surface area contributed by atoms with Gasteiger partial charge in [-0.05, 0) is 59.4 Å². The highest BCUT2D eigenvalue weighted by Crippen LogP contribution is 2.19. The summed E-state index contributed by atoms with van der Waals surface area (Å²) in [6, 6.07) is 19.3. The Morgan fingerprint density at radius 1 is 0.897 bits per heavy atom. The van der Waals surface area contributed by atoms with Gasteiger partial charge in [0, 0.05) is 5.69 Å². The number of amides is 2. The van der Waals surface area contributed by atoms with Gasteiger partial charge in [-0.2, -0.15) is 0 Å². The molecule has 0 aliphatic heterocycles. The second-order valence-electron chi connectivity index (χ2n) is 7.97. The van der Waals surface area contributed by atoms with Gasteiger partial charge in [-0.15, -0.1) is 0 Å². The molecule has 2 N–H and O–H groups in total. The summed E-state index contributed by atoms with van der Waals surface area (Å²) in [4.78, 5) is 25.6. The second-order valence-corrected chi connectivity index (χ2v) is 7.97. The van der Waals surface area contributed by atoms with Gasteiger partial charge in [-0.1, -0.05) is 62.4 Å². The molecular weight excluding hydrogens is 360 g/mol. The van der Waals surface area contributed by atoms with Crippen molar-refractivity contribution >= 4 is 28.3 Å². The van der Waals surface area contributed by atoms with Gasteiger partial charge in [0.25, 0.3) is 0 Å². The fourth-order valence-corrected chi connectivity index (χ4v) is 3.65. The van der Waals surface area contributed by atoms with Gasteiger partial charge < -0.3 is 10.6 Å². The molecular formula is C25H28N2O2. The predicted molar refractivity (Wildman–Crippen MR) is 119 cm³/mol. The summed E-state index contributed by atoms with van der Waals surface area (Å²) in [5, 5.41) is 8.04. The number of nitrogens with one attached hydrogen (secondary N) is 2. The molecule has 3 aromatic rings. The highest BCUT2D eigenvalue weighted by molar-refractivity contribution is 5.98. The van der Waals surface area contributed by atoms with Crippen molar-refractivity contribution in [2.45, 2.75) is 40.2 Å². The maximum atomic E-state index is 12.9. The van der Waals surface area contributed by atoms with Crippen LogP contribution in [0.15, 0.2) is 60.7 Å². The zero-order chi connectivity index (χ0) is 21.0. The van der Waals surface area contributed by atoms with E-state index >= 15 is 0 Å². The van der Waals surface area contributed by atoms with Crippen molar-refractivity contribution in [1.29, 1.82) is 0 Å². The van der Waals surface area contributed by atoms with Gasteiger partial charge in [0.2, 0.25) is 11.8 Å². The van der Waals surface area contributed by atoms with Crippen LogP contribution in [0.25, 0.3) is 10.8 Å². The molecule has 0 fully saturated rings. The molecule has 0 aliphatic rings. The van der Waals surface area contributed by atoms with Gasteiger partial charge in [0.05, 0.1) is 6.42 Å². The van der Waals surface area contributed by atoms with Crippen LogP contribution in [0.4, 0.5) is 5.69 Å². The third kappa shape index (κ3) is 5.23. The highest BCUT2D eigenvalue weighted by Gasteiger charge is 2.24. The van der Waals surface area contributed by atoms with E-state index in [1.807, 2.05) is 82.3 Å². The quantitative estimate of drug-likeness (QED) is 0.638. The van der Waals surface area contributed by atoms with Crippen molar-refractivity contribution in [2.24, 2.45) is 5.92 Å². The first-order valence-corrected chi connectivity index (χ1v) is 9.98. The molecule has 4 heteroatoms. The van der Waals surface area contributed by atoms with Crippen LogP contribution in [-0.2, 0) is 16.0 Å². The summed E-state index contributed by atoms with van der Waals surface area (Å²) < 4.78 is 0. The van der Waals surface area contributed by atoms with E-state index in [9.17, 15) is 9.59 Å². The van der Waals surface area contributed by atoms with Crippen LogP contribution in [0.3, 0.4) is 0 Å². The van der Waals surface area contributed by atoms with Crippen molar-refractivity contribution in [3.05, 3.63) is 77.4 Å². The average molecular weight is 389 g/mol. The molecule has 4 nitrogen and oxygen atoms in total. The fourth-order valence-electron chi connectivity index (χ4n) is 3.65. The van der Waals surface area contributed by atoms with Crippen LogP contribution in [0.1, 0.15) is 30.5 Å². The van der Waals surface area contributed by atoms with Gasteiger partial charge in [0.1, 0.15) is 6.04 Å². The van der Waals surface area contributed by atoms with E-state index in [0.717, 1.165) is 33.2 Å². The Bertz CT molecular complexity index is 1010. The highest BCUT2D eigenvalue weighted by atomic mass is 16.2. The zero-order valence-corrected chi connectivity index (χ0v) is 17.5. The van der Waals surface area contributed by atoms with Crippen LogP contribution in [-0.4, -0.2) is 17.9 Å². The second kappa shape index (κ2) is 8.91. The molecule has 3 rings (SSSR count). The first-order chi connectivity index (χ1) is 13.8. The monoisotopic (exact) mass is 388 g/mol. The van der Waals surface area contributed by atoms with E-state index in [2.05, 4.69) is 16.7 Å². The summed E-state index contributed by atoms with van der Waals surface area (Å²) in [6.45, 7) is 7.86. The molecule has 3 aromatic carbocycles. The number of carbonyl (C=O) groups is 2. The van der Waals surface area contributed by atoms with Crippen LogP contribution in [0, 0.1) is 19.8 Å². The number of rotatable bonds is 6. The number of carbonyl (C=O) groups excluding carboxylic acids is 2. The van der Waals surface area contributed by atoms with Crippen molar-refractivity contribution in [3.63, 3.8) is 0 Å². The van der Waals surface area contributed by atoms with E-state index in [-0.39, 0.29) is 24.2 Å². The normalized spacial score (nSPS) is 12.0. The van der Waals surface area contributed by atoms with Crippen LogP contribution >= 0.6 is 0 Å². The van der Waals surface area contributed by atoms with Gasteiger partial charge in [-0.25, -0.2) is 0 Å². The Morgan fingerprint density at radius 2 is 1.55 bits per heavy atom. The van der Waals surface area contributed by atoms with Crippen LogP contribution < -0.4 is 10.6 Å². The summed E-state index contributed by atoms with van der Waals surface area (Å²) in [5.74, 6) is -0.385. The lowest BCUT2D eigenvalue weighted by Gasteiger charge is -2.22. The number of anilines is 1. The third-order valence-corrected chi connectivity index (χ3v) is 4.99. The maximum Gasteiger partial charge on any atom is 0.247 e. The number of benzene rings is 3. The first kappa shape index (κ1) is 20.6. The van der Waals surface area contributed by atoms with Gasteiger partial charge in [0.15, 0.2) is 0 Å². The molecule has 0 heterocycles. The maximum absolute atomic E-state index is 12.9. The summed E-state index contributed by atoms with van der Waals surface area (Å²) in [5.41, 5.74) is 3.88. The zero-order valence-electron chi connectivity index (χ0n) is 17.5. The summed E-state index contributed by atoms with van der Waals surface area (Å²) in [6.07, 6.45) is 0.238. The fraction of sp³-hybridized carbons (Fsp3) is 0.280. The Labute approximate surface area is 172 Å². The van der Waals surface area contributed by atoms with E-state index in [0.29, 0.717) is 0 Å². The van der Waals surface area contributed by atoms with E-state index in [1.165, 1.54) is 0 Å². The molecule has 0 aliphatic carbocycles. The molecule has 0 bridgehead atoms. The Kier molecular flexibility index (Phi) is 6.32. The average Bonchev–Trinajstić information content (AvgIpc) is 2.65. The Morgan fingerprint density at radius 3 is 2.24 bits per heavy atom. The topological polar surface area (TPSA) is 58.2 Å². The Hall–Kier alpha value is -3.14. The molecule has 1 atom stereocenters.